The molecule has 1 saturated carbocycles. The number of rotatable bonds is 6. The van der Waals surface area contributed by atoms with Gasteiger partial charge in [-0.3, -0.25) is 19.5 Å². The lowest BCUT2D eigenvalue weighted by Gasteiger charge is -2.37. The standard InChI is InChI=1S/C19H18F3N3O2.C2H6/c1-12-4-2-3-5-16(12)17(18(27)24-14-7-19(21,22)8-14)25(11-26)15-6-13(20)9-23-10-15;1-2/h2-6,9-11,14,17H,7-8H2,1H3,(H,24,27);1-2H3. The molecule has 2 amide bonds. The SMILES string of the molecule is CC.Cc1ccccc1C(C(=O)NC1CC(F)(F)C1)N(C=O)c1cncc(F)c1. The zero-order chi connectivity index (χ0) is 21.6. The van der Waals surface area contributed by atoms with E-state index in [1.807, 2.05) is 13.8 Å². The number of nitrogens with zero attached hydrogens (tertiary/aromatic N) is 2. The van der Waals surface area contributed by atoms with Crippen molar-refractivity contribution >= 4 is 18.0 Å². The van der Waals surface area contributed by atoms with Crippen LogP contribution >= 0.6 is 0 Å². The Kier molecular flexibility index (Phi) is 7.36. The Morgan fingerprint density at radius 2 is 1.93 bits per heavy atom. The van der Waals surface area contributed by atoms with Gasteiger partial charge in [0.05, 0.1) is 18.1 Å². The van der Waals surface area contributed by atoms with Gasteiger partial charge in [-0.25, -0.2) is 13.2 Å². The third-order valence-electron chi connectivity index (χ3n) is 4.55. The van der Waals surface area contributed by atoms with Crippen LogP contribution in [0.1, 0.15) is 43.9 Å². The van der Waals surface area contributed by atoms with E-state index < -0.39 is 42.6 Å². The predicted octanol–water partition coefficient (Wildman–Crippen LogP) is 4.17. The van der Waals surface area contributed by atoms with Crippen molar-refractivity contribution in [2.24, 2.45) is 0 Å². The van der Waals surface area contributed by atoms with Crippen molar-refractivity contribution < 1.29 is 22.8 Å². The average Bonchev–Trinajstić information content (AvgIpc) is 2.67. The van der Waals surface area contributed by atoms with E-state index in [-0.39, 0.29) is 5.69 Å². The van der Waals surface area contributed by atoms with E-state index in [9.17, 15) is 22.8 Å². The van der Waals surface area contributed by atoms with Crippen molar-refractivity contribution in [2.75, 3.05) is 4.90 Å². The molecule has 1 aromatic heterocycles. The van der Waals surface area contributed by atoms with Crippen molar-refractivity contribution in [1.82, 2.24) is 10.3 Å². The maximum absolute atomic E-state index is 13.6. The number of aromatic nitrogens is 1. The zero-order valence-electron chi connectivity index (χ0n) is 16.5. The summed E-state index contributed by atoms with van der Waals surface area (Å²) in [6.45, 7) is 5.76. The van der Waals surface area contributed by atoms with Gasteiger partial charge in [0.15, 0.2) is 0 Å². The molecule has 0 bridgehead atoms. The van der Waals surface area contributed by atoms with Gasteiger partial charge in [0.1, 0.15) is 11.9 Å². The molecule has 1 heterocycles. The highest BCUT2D eigenvalue weighted by atomic mass is 19.3. The molecule has 1 fully saturated rings. The van der Waals surface area contributed by atoms with Crippen LogP contribution in [0, 0.1) is 12.7 Å². The quantitative estimate of drug-likeness (QED) is 0.731. The van der Waals surface area contributed by atoms with Crippen molar-refractivity contribution in [2.45, 2.75) is 51.6 Å². The van der Waals surface area contributed by atoms with Gasteiger partial charge in [-0.1, -0.05) is 38.1 Å². The minimum absolute atomic E-state index is 0.0901. The van der Waals surface area contributed by atoms with Gasteiger partial charge < -0.3 is 5.32 Å². The topological polar surface area (TPSA) is 62.3 Å². The van der Waals surface area contributed by atoms with Crippen LogP contribution in [0.15, 0.2) is 42.7 Å². The van der Waals surface area contributed by atoms with E-state index in [4.69, 9.17) is 0 Å². The fourth-order valence-corrected chi connectivity index (χ4v) is 3.17. The number of hydrogen-bond donors (Lipinski definition) is 1. The molecule has 1 atom stereocenters. The monoisotopic (exact) mass is 407 g/mol. The second-order valence-electron chi connectivity index (χ2n) is 6.60. The van der Waals surface area contributed by atoms with Crippen LogP contribution in [-0.4, -0.2) is 29.3 Å². The molecule has 8 heteroatoms. The number of alkyl halides is 2. The Morgan fingerprint density at radius 1 is 1.28 bits per heavy atom. The lowest BCUT2D eigenvalue weighted by atomic mass is 9.87. The number of halogens is 3. The summed E-state index contributed by atoms with van der Waals surface area (Å²) >= 11 is 0. The second kappa shape index (κ2) is 9.54. The summed E-state index contributed by atoms with van der Waals surface area (Å²) in [5.74, 6) is -4.06. The number of hydrogen-bond acceptors (Lipinski definition) is 3. The number of amides is 2. The molecule has 1 aliphatic rings. The first-order chi connectivity index (χ1) is 13.8. The molecule has 1 unspecified atom stereocenters. The highest BCUT2D eigenvalue weighted by Crippen LogP contribution is 2.38. The number of carbonyl (C=O) groups is 2. The van der Waals surface area contributed by atoms with Crippen LogP contribution in [0.25, 0.3) is 0 Å². The molecule has 29 heavy (non-hydrogen) atoms. The van der Waals surface area contributed by atoms with Gasteiger partial charge >= 0.3 is 0 Å². The van der Waals surface area contributed by atoms with E-state index in [1.165, 1.54) is 6.20 Å². The first-order valence-electron chi connectivity index (χ1n) is 9.38. The molecule has 3 rings (SSSR count). The first kappa shape index (κ1) is 22.4. The summed E-state index contributed by atoms with van der Waals surface area (Å²) in [5.41, 5.74) is 1.33. The highest BCUT2D eigenvalue weighted by molar-refractivity contribution is 5.93. The molecule has 1 aromatic carbocycles. The van der Waals surface area contributed by atoms with Crippen molar-refractivity contribution in [3.63, 3.8) is 0 Å². The summed E-state index contributed by atoms with van der Waals surface area (Å²) in [5, 5.41) is 2.56. The number of benzene rings is 1. The molecule has 0 saturated heterocycles. The van der Waals surface area contributed by atoms with Gasteiger partial charge in [0.2, 0.25) is 12.3 Å². The molecular formula is C21H24F3N3O2. The van der Waals surface area contributed by atoms with Gasteiger partial charge in [-0.2, -0.15) is 0 Å². The second-order valence-corrected chi connectivity index (χ2v) is 6.60. The van der Waals surface area contributed by atoms with Crippen LogP contribution < -0.4 is 10.2 Å². The van der Waals surface area contributed by atoms with Crippen LogP contribution in [0.5, 0.6) is 0 Å². The number of anilines is 1. The molecular weight excluding hydrogens is 383 g/mol. The largest absolute Gasteiger partial charge is 0.351 e. The number of carbonyl (C=O) groups excluding carboxylic acids is 2. The van der Waals surface area contributed by atoms with E-state index >= 15 is 0 Å². The maximum atomic E-state index is 13.6. The zero-order valence-corrected chi connectivity index (χ0v) is 16.5. The van der Waals surface area contributed by atoms with Crippen LogP contribution in [0.3, 0.4) is 0 Å². The Hall–Kier alpha value is -2.90. The molecule has 5 nitrogen and oxygen atoms in total. The Labute approximate surface area is 167 Å². The molecule has 156 valence electrons. The van der Waals surface area contributed by atoms with Crippen LogP contribution in [0.2, 0.25) is 0 Å². The summed E-state index contributed by atoms with van der Waals surface area (Å²) < 4.78 is 39.8. The van der Waals surface area contributed by atoms with E-state index in [0.717, 1.165) is 22.7 Å². The minimum atomic E-state index is -2.78. The lowest BCUT2D eigenvalue weighted by molar-refractivity contribution is -0.131. The fourth-order valence-electron chi connectivity index (χ4n) is 3.17. The predicted molar refractivity (Wildman–Crippen MR) is 104 cm³/mol. The number of pyridine rings is 1. The van der Waals surface area contributed by atoms with E-state index in [0.29, 0.717) is 12.0 Å². The summed E-state index contributed by atoms with van der Waals surface area (Å²) in [6, 6.07) is 6.18. The average molecular weight is 407 g/mol. The lowest BCUT2D eigenvalue weighted by Crippen LogP contribution is -2.53. The first-order valence-corrected chi connectivity index (χ1v) is 9.38. The van der Waals surface area contributed by atoms with Gasteiger partial charge in [0.25, 0.3) is 5.92 Å². The highest BCUT2D eigenvalue weighted by Gasteiger charge is 2.46. The molecule has 2 aromatic rings. The van der Waals surface area contributed by atoms with Crippen molar-refractivity contribution in [3.05, 3.63) is 59.7 Å². The Balaban J connectivity index is 0.00000145. The summed E-state index contributed by atoms with van der Waals surface area (Å²) in [7, 11) is 0. The van der Waals surface area contributed by atoms with Gasteiger partial charge in [-0.05, 0) is 18.1 Å². The third kappa shape index (κ3) is 5.34. The summed E-state index contributed by atoms with van der Waals surface area (Å²) in [4.78, 5) is 29.5. The van der Waals surface area contributed by atoms with E-state index in [2.05, 4.69) is 10.3 Å². The molecule has 0 spiro atoms. The Bertz CT molecular complexity index is 853. The fraction of sp³-hybridized carbons (Fsp3) is 0.381. The number of nitrogens with one attached hydrogen (secondary N) is 1. The molecule has 0 aliphatic heterocycles. The molecule has 0 radical (unpaired) electrons. The van der Waals surface area contributed by atoms with Crippen LogP contribution in [-0.2, 0) is 9.59 Å². The third-order valence-corrected chi connectivity index (χ3v) is 4.55. The normalized spacial score (nSPS) is 15.9. The van der Waals surface area contributed by atoms with Gasteiger partial charge in [-0.15, -0.1) is 0 Å². The van der Waals surface area contributed by atoms with Crippen molar-refractivity contribution in [3.8, 4) is 0 Å². The number of aryl methyl sites for hydroxylation is 1. The van der Waals surface area contributed by atoms with E-state index in [1.54, 1.807) is 31.2 Å². The smallest absolute Gasteiger partial charge is 0.252 e. The van der Waals surface area contributed by atoms with Crippen LogP contribution in [0.4, 0.5) is 18.9 Å². The van der Waals surface area contributed by atoms with Gasteiger partial charge in [0, 0.05) is 24.9 Å². The van der Waals surface area contributed by atoms with Crippen molar-refractivity contribution in [1.29, 1.82) is 0 Å². The summed E-state index contributed by atoms with van der Waals surface area (Å²) in [6.07, 6.45) is 1.76. The molecule has 1 aliphatic carbocycles. The minimum Gasteiger partial charge on any atom is -0.351 e. The molecule has 1 N–H and O–H groups in total. The Morgan fingerprint density at radius 3 is 2.48 bits per heavy atom. The maximum Gasteiger partial charge on any atom is 0.252 e.